The third kappa shape index (κ3) is 3.18. The van der Waals surface area contributed by atoms with Crippen molar-refractivity contribution < 1.29 is 19.1 Å². The number of amides is 1. The number of hydrogen-bond donors (Lipinski definition) is 2. The van der Waals surface area contributed by atoms with Crippen molar-refractivity contribution in [2.75, 3.05) is 11.6 Å². The van der Waals surface area contributed by atoms with E-state index in [1.54, 1.807) is 23.9 Å². The van der Waals surface area contributed by atoms with E-state index in [2.05, 4.69) is 10.3 Å². The first-order valence-electron chi connectivity index (χ1n) is 5.69. The predicted octanol–water partition coefficient (Wildman–Crippen LogP) is 2.49. The van der Waals surface area contributed by atoms with Gasteiger partial charge in [-0.25, -0.2) is 9.78 Å². The Bertz CT molecular complexity index is 639. The molecule has 0 spiro atoms. The predicted molar refractivity (Wildman–Crippen MR) is 75.1 cm³/mol. The number of carbonyl (C=O) groups excluding carboxylic acids is 1. The van der Waals surface area contributed by atoms with Crippen LogP contribution in [0.25, 0.3) is 0 Å². The fourth-order valence-corrected chi connectivity index (χ4v) is 2.01. The fraction of sp³-hybridized carbons (Fsp3) is 0.154. The number of pyridine rings is 1. The lowest BCUT2D eigenvalue weighted by Crippen LogP contribution is -2.15. The second-order valence-corrected chi connectivity index (χ2v) is 4.72. The largest absolute Gasteiger partial charge is 0.478 e. The van der Waals surface area contributed by atoms with Gasteiger partial charge in [0.2, 0.25) is 0 Å². The van der Waals surface area contributed by atoms with Crippen LogP contribution in [0.2, 0.25) is 0 Å². The highest BCUT2D eigenvalue weighted by molar-refractivity contribution is 7.97. The molecule has 0 fully saturated rings. The summed E-state index contributed by atoms with van der Waals surface area (Å²) in [7, 11) is 0. The molecule has 104 valence electrons. The van der Waals surface area contributed by atoms with Crippen LogP contribution in [0.1, 0.15) is 26.7 Å². The van der Waals surface area contributed by atoms with Crippen LogP contribution < -0.4 is 5.32 Å². The van der Waals surface area contributed by atoms with E-state index in [1.165, 1.54) is 18.3 Å². The molecule has 6 nitrogen and oxygen atoms in total. The molecule has 20 heavy (non-hydrogen) atoms. The lowest BCUT2D eigenvalue weighted by Gasteiger charge is -2.05. The Hall–Kier alpha value is -2.28. The summed E-state index contributed by atoms with van der Waals surface area (Å²) in [5.41, 5.74) is -0.0725. The van der Waals surface area contributed by atoms with E-state index in [0.29, 0.717) is 11.5 Å². The minimum Gasteiger partial charge on any atom is -0.478 e. The van der Waals surface area contributed by atoms with Gasteiger partial charge in [0, 0.05) is 6.20 Å². The number of thioether (sulfide) groups is 1. The van der Waals surface area contributed by atoms with Crippen LogP contribution in [-0.2, 0) is 5.75 Å². The Kier molecular flexibility index (Phi) is 4.41. The monoisotopic (exact) mass is 292 g/mol. The molecule has 2 N–H and O–H groups in total. The van der Waals surface area contributed by atoms with E-state index in [9.17, 15) is 9.59 Å². The molecule has 0 atom stereocenters. The highest BCUT2D eigenvalue weighted by atomic mass is 32.2. The summed E-state index contributed by atoms with van der Waals surface area (Å²) in [6, 6.07) is 6.11. The van der Waals surface area contributed by atoms with Crippen molar-refractivity contribution in [2.24, 2.45) is 0 Å². The average molecular weight is 292 g/mol. The summed E-state index contributed by atoms with van der Waals surface area (Å²) < 4.78 is 5.35. The van der Waals surface area contributed by atoms with Crippen LogP contribution in [0.4, 0.5) is 5.82 Å². The maximum absolute atomic E-state index is 12.0. The number of aromatic carboxylic acids is 1. The third-order valence-electron chi connectivity index (χ3n) is 2.44. The highest BCUT2D eigenvalue weighted by Gasteiger charge is 2.16. The van der Waals surface area contributed by atoms with E-state index in [4.69, 9.17) is 9.52 Å². The molecule has 0 saturated heterocycles. The van der Waals surface area contributed by atoms with Crippen LogP contribution in [0.5, 0.6) is 0 Å². The molecular formula is C13H12N2O4S. The van der Waals surface area contributed by atoms with Gasteiger partial charge in [-0.05, 0) is 30.5 Å². The van der Waals surface area contributed by atoms with Crippen LogP contribution in [0.15, 0.2) is 34.9 Å². The van der Waals surface area contributed by atoms with Gasteiger partial charge in [0.05, 0.1) is 5.75 Å². The molecule has 0 aliphatic rings. The smallest absolute Gasteiger partial charge is 0.339 e. The third-order valence-corrected chi connectivity index (χ3v) is 3.02. The average Bonchev–Trinajstić information content (AvgIpc) is 2.88. The number of anilines is 1. The Morgan fingerprint density at radius 2 is 2.20 bits per heavy atom. The number of rotatable bonds is 5. The molecule has 0 aliphatic heterocycles. The van der Waals surface area contributed by atoms with Gasteiger partial charge in [-0.3, -0.25) is 4.79 Å². The summed E-state index contributed by atoms with van der Waals surface area (Å²) in [5, 5.41) is 11.4. The van der Waals surface area contributed by atoms with Gasteiger partial charge < -0.3 is 14.8 Å². The number of hydrogen-bond acceptors (Lipinski definition) is 5. The van der Waals surface area contributed by atoms with Crippen LogP contribution in [-0.4, -0.2) is 28.2 Å². The molecule has 2 heterocycles. The molecule has 7 heteroatoms. The van der Waals surface area contributed by atoms with Gasteiger partial charge in [-0.15, -0.1) is 0 Å². The molecule has 0 unspecified atom stereocenters. The van der Waals surface area contributed by atoms with E-state index < -0.39 is 11.9 Å². The van der Waals surface area contributed by atoms with Crippen molar-refractivity contribution in [2.45, 2.75) is 5.75 Å². The van der Waals surface area contributed by atoms with Crippen molar-refractivity contribution in [1.29, 1.82) is 0 Å². The molecule has 0 bridgehead atoms. The maximum atomic E-state index is 12.0. The topological polar surface area (TPSA) is 92.4 Å². The van der Waals surface area contributed by atoms with Gasteiger partial charge in [0.25, 0.3) is 5.91 Å². The molecule has 0 aromatic carbocycles. The Labute approximate surface area is 119 Å². The zero-order chi connectivity index (χ0) is 14.5. The number of carboxylic acid groups (broad SMARTS) is 1. The van der Waals surface area contributed by atoms with Crippen LogP contribution in [0.3, 0.4) is 0 Å². The zero-order valence-electron chi connectivity index (χ0n) is 10.6. The number of nitrogens with one attached hydrogen (secondary N) is 1. The summed E-state index contributed by atoms with van der Waals surface area (Å²) in [5.74, 6) is -0.225. The number of carbonyl (C=O) groups is 2. The van der Waals surface area contributed by atoms with Crippen molar-refractivity contribution in [3.63, 3.8) is 0 Å². The van der Waals surface area contributed by atoms with Gasteiger partial charge in [-0.2, -0.15) is 11.8 Å². The molecule has 0 aliphatic carbocycles. The molecule has 2 aromatic rings. The van der Waals surface area contributed by atoms with Crippen molar-refractivity contribution in [3.05, 3.63) is 47.5 Å². The van der Waals surface area contributed by atoms with Crippen LogP contribution in [0, 0.1) is 0 Å². The summed E-state index contributed by atoms with van der Waals surface area (Å²) in [6.45, 7) is 0. The number of aromatic nitrogens is 1. The fourth-order valence-electron chi connectivity index (χ4n) is 1.57. The van der Waals surface area contributed by atoms with E-state index in [-0.39, 0.29) is 17.1 Å². The molecule has 2 aromatic heterocycles. The number of furan rings is 1. The molecule has 0 saturated carbocycles. The van der Waals surface area contributed by atoms with Gasteiger partial charge in [0.1, 0.15) is 17.1 Å². The first kappa shape index (κ1) is 14.1. The van der Waals surface area contributed by atoms with E-state index >= 15 is 0 Å². The lowest BCUT2D eigenvalue weighted by molar-refractivity contribution is 0.0697. The Balaban J connectivity index is 2.17. The van der Waals surface area contributed by atoms with Gasteiger partial charge >= 0.3 is 5.97 Å². The molecular weight excluding hydrogens is 280 g/mol. The summed E-state index contributed by atoms with van der Waals surface area (Å²) >= 11 is 1.57. The van der Waals surface area contributed by atoms with Gasteiger partial charge in [0.15, 0.2) is 5.76 Å². The quantitative estimate of drug-likeness (QED) is 0.879. The van der Waals surface area contributed by atoms with Gasteiger partial charge in [-0.1, -0.05) is 0 Å². The Morgan fingerprint density at radius 1 is 1.40 bits per heavy atom. The number of carboxylic acids is 1. The zero-order valence-corrected chi connectivity index (χ0v) is 11.4. The molecule has 2 rings (SSSR count). The minimum absolute atomic E-state index is 0.00665. The van der Waals surface area contributed by atoms with Crippen molar-refractivity contribution in [3.8, 4) is 0 Å². The van der Waals surface area contributed by atoms with Crippen LogP contribution >= 0.6 is 11.8 Å². The maximum Gasteiger partial charge on any atom is 0.339 e. The summed E-state index contributed by atoms with van der Waals surface area (Å²) in [6.07, 6.45) is 3.33. The van der Waals surface area contributed by atoms with Crippen molar-refractivity contribution in [1.82, 2.24) is 4.98 Å². The summed E-state index contributed by atoms with van der Waals surface area (Å²) in [4.78, 5) is 26.8. The second-order valence-electron chi connectivity index (χ2n) is 3.86. The van der Waals surface area contributed by atoms with E-state index in [0.717, 1.165) is 0 Å². The number of nitrogens with zero attached hydrogens (tertiary/aromatic N) is 1. The molecule has 1 amide bonds. The van der Waals surface area contributed by atoms with Crippen molar-refractivity contribution >= 4 is 29.5 Å². The minimum atomic E-state index is -1.16. The normalized spacial score (nSPS) is 10.2. The first-order valence-corrected chi connectivity index (χ1v) is 7.08. The molecule has 0 radical (unpaired) electrons. The lowest BCUT2D eigenvalue weighted by atomic mass is 10.2. The Morgan fingerprint density at radius 3 is 2.90 bits per heavy atom. The standard InChI is InChI=1S/C13H12N2O4S/c1-20-7-8-4-5-10(19-8)12(16)15-11-9(13(17)18)3-2-6-14-11/h2-6H,7H2,1H3,(H,17,18)(H,14,15,16). The second kappa shape index (κ2) is 6.25. The highest BCUT2D eigenvalue weighted by Crippen LogP contribution is 2.16. The first-order chi connectivity index (χ1) is 9.61. The SMILES string of the molecule is CSCc1ccc(C(=O)Nc2ncccc2C(=O)O)o1. The van der Waals surface area contributed by atoms with E-state index in [1.807, 2.05) is 6.26 Å².